The van der Waals surface area contributed by atoms with E-state index in [4.69, 9.17) is 10.5 Å². The molecule has 0 spiro atoms. The van der Waals surface area contributed by atoms with Crippen LogP contribution in [-0.2, 0) is 13.1 Å². The predicted octanol–water partition coefficient (Wildman–Crippen LogP) is 5.93. The summed E-state index contributed by atoms with van der Waals surface area (Å²) in [5.41, 5.74) is 13.1. The number of anilines is 2. The van der Waals surface area contributed by atoms with E-state index in [1.54, 1.807) is 7.11 Å². The highest BCUT2D eigenvalue weighted by molar-refractivity contribution is 5.67. The molecule has 4 heteroatoms. The van der Waals surface area contributed by atoms with Gasteiger partial charge in [-0.15, -0.1) is 0 Å². The molecular weight excluding hydrogens is 394 g/mol. The number of ether oxygens (including phenoxy) is 1. The molecule has 2 unspecified atom stereocenters. The van der Waals surface area contributed by atoms with E-state index >= 15 is 0 Å². The maximum atomic E-state index is 6.33. The Kier molecular flexibility index (Phi) is 5.29. The van der Waals surface area contributed by atoms with Crippen LogP contribution < -0.4 is 15.8 Å². The summed E-state index contributed by atoms with van der Waals surface area (Å²) < 4.78 is 6.04. The second kappa shape index (κ2) is 8.40. The molecular formula is C28H28N3O+. The zero-order chi connectivity index (χ0) is 22.0. The van der Waals surface area contributed by atoms with E-state index in [0.717, 1.165) is 28.2 Å². The summed E-state index contributed by atoms with van der Waals surface area (Å²) in [5, 5.41) is 3.52. The number of hydrogen-bond donors (Lipinski definition) is 2. The summed E-state index contributed by atoms with van der Waals surface area (Å²) in [5.74, 6) is 0.859. The number of benzene rings is 3. The third kappa shape index (κ3) is 3.70. The average molecular weight is 423 g/mol. The summed E-state index contributed by atoms with van der Waals surface area (Å²) in [7, 11) is 1.68. The van der Waals surface area contributed by atoms with Crippen molar-refractivity contribution in [2.24, 2.45) is 0 Å². The number of quaternary nitrogens is 1. The molecule has 3 N–H and O–H groups in total. The van der Waals surface area contributed by atoms with E-state index in [0.29, 0.717) is 6.54 Å². The minimum Gasteiger partial charge on any atom is -0.497 e. The van der Waals surface area contributed by atoms with E-state index in [-0.39, 0.29) is 6.04 Å². The first-order valence-corrected chi connectivity index (χ1v) is 10.9. The fraction of sp³-hybridized carbons (Fsp3) is 0.143. The Balaban J connectivity index is 1.41. The lowest BCUT2D eigenvalue weighted by Crippen LogP contribution is -2.38. The molecule has 0 amide bonds. The molecule has 2 aliphatic rings. The molecule has 160 valence electrons. The van der Waals surface area contributed by atoms with Crippen LogP contribution in [0.3, 0.4) is 0 Å². The zero-order valence-electron chi connectivity index (χ0n) is 18.2. The highest BCUT2D eigenvalue weighted by Crippen LogP contribution is 2.46. The minimum absolute atomic E-state index is 0.211. The lowest BCUT2D eigenvalue weighted by molar-refractivity contribution is -0.870. The van der Waals surface area contributed by atoms with Gasteiger partial charge in [-0.25, -0.2) is 0 Å². The summed E-state index contributed by atoms with van der Waals surface area (Å²) in [6.07, 6.45) is 11.3. The minimum atomic E-state index is 0.211. The SMILES string of the molecule is COc1ccc(CNc2cc(C3C=CC4=CC=C[N+]43Cc3ccccc3)ccc2N)cc1. The van der Waals surface area contributed by atoms with Gasteiger partial charge < -0.3 is 15.8 Å². The summed E-state index contributed by atoms with van der Waals surface area (Å²) >= 11 is 0. The molecule has 2 heterocycles. The van der Waals surface area contributed by atoms with Gasteiger partial charge in [0.25, 0.3) is 0 Å². The van der Waals surface area contributed by atoms with Gasteiger partial charge in [0.2, 0.25) is 0 Å². The first kappa shape index (κ1) is 20.2. The quantitative estimate of drug-likeness (QED) is 0.366. The molecule has 0 radical (unpaired) electrons. The predicted molar refractivity (Wildman–Crippen MR) is 131 cm³/mol. The Morgan fingerprint density at radius 3 is 2.56 bits per heavy atom. The lowest BCUT2D eigenvalue weighted by Gasteiger charge is -2.36. The average Bonchev–Trinajstić information content (AvgIpc) is 3.38. The number of nitrogens with zero attached hydrogens (tertiary/aromatic N) is 1. The van der Waals surface area contributed by atoms with Crippen molar-refractivity contribution in [3.8, 4) is 5.75 Å². The molecule has 0 aliphatic carbocycles. The Morgan fingerprint density at radius 2 is 1.78 bits per heavy atom. The maximum Gasteiger partial charge on any atom is 0.143 e. The largest absolute Gasteiger partial charge is 0.497 e. The van der Waals surface area contributed by atoms with Crippen LogP contribution in [0.1, 0.15) is 22.7 Å². The third-order valence-electron chi connectivity index (χ3n) is 6.39. The van der Waals surface area contributed by atoms with Crippen molar-refractivity contribution < 1.29 is 9.22 Å². The van der Waals surface area contributed by atoms with Gasteiger partial charge in [0.05, 0.1) is 18.5 Å². The fourth-order valence-corrected chi connectivity index (χ4v) is 4.67. The van der Waals surface area contributed by atoms with Gasteiger partial charge in [-0.3, -0.25) is 4.48 Å². The van der Waals surface area contributed by atoms with Crippen molar-refractivity contribution in [3.05, 3.63) is 126 Å². The molecule has 0 saturated carbocycles. The van der Waals surface area contributed by atoms with Gasteiger partial charge in [0, 0.05) is 29.8 Å². The van der Waals surface area contributed by atoms with Crippen LogP contribution in [0.4, 0.5) is 11.4 Å². The lowest BCUT2D eigenvalue weighted by atomic mass is 10.0. The number of nitrogen functional groups attached to an aromatic ring is 1. The van der Waals surface area contributed by atoms with Gasteiger partial charge in [-0.05, 0) is 42.0 Å². The fourth-order valence-electron chi connectivity index (χ4n) is 4.67. The normalized spacial score (nSPS) is 20.8. The van der Waals surface area contributed by atoms with Gasteiger partial charge in [-0.2, -0.15) is 0 Å². The zero-order valence-corrected chi connectivity index (χ0v) is 18.2. The molecule has 3 aromatic rings. The second-order valence-corrected chi connectivity index (χ2v) is 8.36. The van der Waals surface area contributed by atoms with Gasteiger partial charge in [0.15, 0.2) is 0 Å². The van der Waals surface area contributed by atoms with Crippen LogP contribution in [0.5, 0.6) is 5.75 Å². The Labute approximate surface area is 189 Å². The Morgan fingerprint density at radius 1 is 0.969 bits per heavy atom. The monoisotopic (exact) mass is 422 g/mol. The topological polar surface area (TPSA) is 47.3 Å². The number of rotatable bonds is 7. The molecule has 3 aromatic carbocycles. The number of hydrogen-bond acceptors (Lipinski definition) is 3. The van der Waals surface area contributed by atoms with E-state index in [1.807, 2.05) is 18.2 Å². The molecule has 4 nitrogen and oxygen atoms in total. The van der Waals surface area contributed by atoms with E-state index < -0.39 is 0 Å². The van der Waals surface area contributed by atoms with Gasteiger partial charge in [-0.1, -0.05) is 48.5 Å². The van der Waals surface area contributed by atoms with Crippen LogP contribution in [-0.4, -0.2) is 11.6 Å². The maximum absolute atomic E-state index is 6.33. The molecule has 0 bridgehead atoms. The number of allylic oxidation sites excluding steroid dienone is 3. The first-order chi connectivity index (χ1) is 15.7. The van der Waals surface area contributed by atoms with E-state index in [9.17, 15) is 0 Å². The van der Waals surface area contributed by atoms with Crippen molar-refractivity contribution >= 4 is 11.4 Å². The second-order valence-electron chi connectivity index (χ2n) is 8.36. The van der Waals surface area contributed by atoms with Crippen molar-refractivity contribution in [2.75, 3.05) is 18.2 Å². The Hall–Kier alpha value is -3.76. The first-order valence-electron chi connectivity index (χ1n) is 10.9. The molecule has 2 atom stereocenters. The van der Waals surface area contributed by atoms with Crippen LogP contribution in [0.2, 0.25) is 0 Å². The van der Waals surface area contributed by atoms with Crippen molar-refractivity contribution in [1.82, 2.24) is 0 Å². The van der Waals surface area contributed by atoms with Gasteiger partial charge >= 0.3 is 0 Å². The molecule has 2 aliphatic heterocycles. The summed E-state index contributed by atoms with van der Waals surface area (Å²) in [6.45, 7) is 1.62. The molecule has 32 heavy (non-hydrogen) atoms. The number of nitrogens with one attached hydrogen (secondary N) is 1. The van der Waals surface area contributed by atoms with Crippen LogP contribution >= 0.6 is 0 Å². The van der Waals surface area contributed by atoms with Crippen molar-refractivity contribution in [3.63, 3.8) is 0 Å². The molecule has 0 aromatic heterocycles. The standard InChI is InChI=1S/C28H28N3O/c1-32-25-13-9-21(10-14-25)19-30-27-18-23(11-15-26(27)29)28-16-12-24-8-5-17-31(24,28)20-22-6-3-2-4-7-22/h2-18,28,30H,19-20,29H2,1H3/q+1. The van der Waals surface area contributed by atoms with Crippen molar-refractivity contribution in [2.45, 2.75) is 19.1 Å². The third-order valence-corrected chi connectivity index (χ3v) is 6.39. The van der Waals surface area contributed by atoms with E-state index in [1.165, 1.54) is 22.4 Å². The van der Waals surface area contributed by atoms with Gasteiger partial charge in [0.1, 0.15) is 30.2 Å². The van der Waals surface area contributed by atoms with Crippen molar-refractivity contribution in [1.29, 1.82) is 0 Å². The summed E-state index contributed by atoms with van der Waals surface area (Å²) in [4.78, 5) is 0. The van der Waals surface area contributed by atoms with Crippen LogP contribution in [0.15, 0.2) is 109 Å². The number of nitrogens with two attached hydrogens (primary N) is 1. The highest BCUT2D eigenvalue weighted by Gasteiger charge is 2.44. The number of methoxy groups -OCH3 is 1. The molecule has 5 rings (SSSR count). The molecule has 0 saturated heterocycles. The molecule has 0 fully saturated rings. The highest BCUT2D eigenvalue weighted by atomic mass is 16.5. The summed E-state index contributed by atoms with van der Waals surface area (Å²) in [6, 6.07) is 25.4. The van der Waals surface area contributed by atoms with Crippen LogP contribution in [0, 0.1) is 0 Å². The smallest absolute Gasteiger partial charge is 0.143 e. The number of fused-ring (bicyclic) bond motifs is 1. The van der Waals surface area contributed by atoms with E-state index in [2.05, 4.69) is 90.4 Å². The van der Waals surface area contributed by atoms with Crippen LogP contribution in [0.25, 0.3) is 0 Å². The Bertz CT molecular complexity index is 1200.